The normalized spacial score (nSPS) is 11.1. The minimum absolute atomic E-state index is 0.0207. The van der Waals surface area contributed by atoms with E-state index in [9.17, 15) is 14.9 Å². The predicted octanol–water partition coefficient (Wildman–Crippen LogP) is 4.88. The first-order valence-electron chi connectivity index (χ1n) is 6.90. The summed E-state index contributed by atoms with van der Waals surface area (Å²) in [5.41, 5.74) is 2.99. The molecule has 1 heterocycles. The number of benzene rings is 2. The summed E-state index contributed by atoms with van der Waals surface area (Å²) >= 11 is 13.1. The van der Waals surface area contributed by atoms with Crippen LogP contribution in [0.2, 0.25) is 10.0 Å². The van der Waals surface area contributed by atoms with Crippen molar-refractivity contribution in [3.8, 4) is 0 Å². The third-order valence-corrected chi connectivity index (χ3v) is 4.94. The average Bonchev–Trinajstić information content (AvgIpc) is 3.00. The SMILES string of the molecule is O=C(NN=Cc1ccc(Cl)cc1Cl)c1cc2cc([N+](=O)[O-])ccc2s1. The summed E-state index contributed by atoms with van der Waals surface area (Å²) in [7, 11) is 0. The molecule has 0 saturated heterocycles. The summed E-state index contributed by atoms with van der Waals surface area (Å²) < 4.78 is 0.778. The Balaban J connectivity index is 1.75. The summed E-state index contributed by atoms with van der Waals surface area (Å²) in [5, 5.41) is 16.2. The van der Waals surface area contributed by atoms with Crippen LogP contribution < -0.4 is 5.43 Å². The molecule has 0 aliphatic rings. The van der Waals surface area contributed by atoms with Crippen molar-refractivity contribution in [2.75, 3.05) is 0 Å². The van der Waals surface area contributed by atoms with Crippen LogP contribution in [0.25, 0.3) is 10.1 Å². The van der Waals surface area contributed by atoms with E-state index in [-0.39, 0.29) is 5.69 Å². The number of amides is 1. The highest BCUT2D eigenvalue weighted by Crippen LogP contribution is 2.28. The average molecular weight is 394 g/mol. The van der Waals surface area contributed by atoms with Gasteiger partial charge in [0.05, 0.1) is 21.0 Å². The van der Waals surface area contributed by atoms with Gasteiger partial charge in [-0.15, -0.1) is 11.3 Å². The van der Waals surface area contributed by atoms with Crippen LogP contribution in [0.3, 0.4) is 0 Å². The number of nitrogens with one attached hydrogen (secondary N) is 1. The highest BCUT2D eigenvalue weighted by Gasteiger charge is 2.13. The maximum Gasteiger partial charge on any atom is 0.281 e. The van der Waals surface area contributed by atoms with E-state index in [0.717, 1.165) is 4.70 Å². The first kappa shape index (κ1) is 17.3. The Labute approximate surface area is 155 Å². The van der Waals surface area contributed by atoms with Crippen LogP contribution in [0.1, 0.15) is 15.2 Å². The highest BCUT2D eigenvalue weighted by atomic mass is 35.5. The molecule has 9 heteroatoms. The minimum Gasteiger partial charge on any atom is -0.266 e. The van der Waals surface area contributed by atoms with E-state index in [2.05, 4.69) is 10.5 Å². The van der Waals surface area contributed by atoms with Gasteiger partial charge >= 0.3 is 0 Å². The van der Waals surface area contributed by atoms with Crippen LogP contribution in [-0.2, 0) is 0 Å². The van der Waals surface area contributed by atoms with Crippen LogP contribution in [0.4, 0.5) is 5.69 Å². The minimum atomic E-state index is -0.475. The first-order chi connectivity index (χ1) is 11.9. The molecule has 0 atom stereocenters. The fourth-order valence-electron chi connectivity index (χ4n) is 2.08. The van der Waals surface area contributed by atoms with Gasteiger partial charge in [-0.1, -0.05) is 29.3 Å². The van der Waals surface area contributed by atoms with E-state index in [1.165, 1.54) is 29.7 Å². The van der Waals surface area contributed by atoms with Gasteiger partial charge < -0.3 is 0 Å². The molecule has 6 nitrogen and oxygen atoms in total. The molecule has 0 saturated carbocycles. The third kappa shape index (κ3) is 3.96. The van der Waals surface area contributed by atoms with E-state index in [1.54, 1.807) is 30.3 Å². The smallest absolute Gasteiger partial charge is 0.266 e. The molecule has 0 radical (unpaired) electrons. The van der Waals surface area contributed by atoms with Crippen molar-refractivity contribution in [1.82, 2.24) is 5.43 Å². The Morgan fingerprint density at radius 3 is 2.72 bits per heavy atom. The molecule has 2 aromatic carbocycles. The number of non-ortho nitro benzene ring substituents is 1. The summed E-state index contributed by atoms with van der Waals surface area (Å²) in [6.07, 6.45) is 1.41. The summed E-state index contributed by atoms with van der Waals surface area (Å²) in [4.78, 5) is 22.9. The van der Waals surface area contributed by atoms with Crippen molar-refractivity contribution in [3.05, 3.63) is 73.1 Å². The summed E-state index contributed by atoms with van der Waals surface area (Å²) in [5.74, 6) is -0.412. The molecule has 0 bridgehead atoms. The largest absolute Gasteiger partial charge is 0.281 e. The first-order valence-corrected chi connectivity index (χ1v) is 8.48. The second-order valence-electron chi connectivity index (χ2n) is 4.95. The Bertz CT molecular complexity index is 1020. The van der Waals surface area contributed by atoms with E-state index in [0.29, 0.717) is 25.9 Å². The number of carbonyl (C=O) groups excluding carboxylic acids is 1. The Morgan fingerprint density at radius 1 is 1.20 bits per heavy atom. The van der Waals surface area contributed by atoms with Crippen LogP contribution in [0, 0.1) is 10.1 Å². The second kappa shape index (κ2) is 7.18. The molecule has 0 fully saturated rings. The molecule has 3 aromatic rings. The number of thiophene rings is 1. The fourth-order valence-corrected chi connectivity index (χ4v) is 3.47. The van der Waals surface area contributed by atoms with Gasteiger partial charge in [0.25, 0.3) is 11.6 Å². The maximum absolute atomic E-state index is 12.2. The van der Waals surface area contributed by atoms with Crippen molar-refractivity contribution < 1.29 is 9.72 Å². The zero-order valence-corrected chi connectivity index (χ0v) is 14.7. The number of fused-ring (bicyclic) bond motifs is 1. The van der Waals surface area contributed by atoms with Crippen LogP contribution in [-0.4, -0.2) is 17.0 Å². The lowest BCUT2D eigenvalue weighted by Gasteiger charge is -1.99. The zero-order valence-electron chi connectivity index (χ0n) is 12.4. The van der Waals surface area contributed by atoms with Gasteiger partial charge in [-0.2, -0.15) is 5.10 Å². The number of carbonyl (C=O) groups is 1. The summed E-state index contributed by atoms with van der Waals surface area (Å²) in [6.45, 7) is 0. The lowest BCUT2D eigenvalue weighted by molar-refractivity contribution is -0.384. The second-order valence-corrected chi connectivity index (χ2v) is 6.88. The lowest BCUT2D eigenvalue weighted by atomic mass is 10.2. The van der Waals surface area contributed by atoms with Crippen LogP contribution in [0.15, 0.2) is 47.6 Å². The quantitative estimate of drug-likeness (QED) is 0.389. The third-order valence-electron chi connectivity index (χ3n) is 3.27. The number of hydrazone groups is 1. The number of nitro benzene ring substituents is 1. The lowest BCUT2D eigenvalue weighted by Crippen LogP contribution is -2.16. The zero-order chi connectivity index (χ0) is 18.0. The Kier molecular flexibility index (Phi) is 4.98. The number of rotatable bonds is 4. The van der Waals surface area contributed by atoms with Crippen molar-refractivity contribution in [2.24, 2.45) is 5.10 Å². The number of hydrogen-bond donors (Lipinski definition) is 1. The monoisotopic (exact) mass is 393 g/mol. The van der Waals surface area contributed by atoms with Crippen molar-refractivity contribution >= 4 is 62.4 Å². The Morgan fingerprint density at radius 2 is 2.00 bits per heavy atom. The van der Waals surface area contributed by atoms with Gasteiger partial charge in [0.15, 0.2) is 0 Å². The summed E-state index contributed by atoms with van der Waals surface area (Å²) in [6, 6.07) is 11.0. The Hall–Kier alpha value is -2.48. The van der Waals surface area contributed by atoms with Crippen molar-refractivity contribution in [1.29, 1.82) is 0 Å². The van der Waals surface area contributed by atoms with Gasteiger partial charge in [0, 0.05) is 32.8 Å². The van der Waals surface area contributed by atoms with Gasteiger partial charge in [0.1, 0.15) is 0 Å². The van der Waals surface area contributed by atoms with E-state index in [4.69, 9.17) is 23.2 Å². The van der Waals surface area contributed by atoms with Gasteiger partial charge in [-0.3, -0.25) is 14.9 Å². The molecule has 126 valence electrons. The maximum atomic E-state index is 12.2. The molecular formula is C16H9Cl2N3O3S. The molecular weight excluding hydrogens is 385 g/mol. The van der Waals surface area contributed by atoms with Gasteiger partial charge in [0.2, 0.25) is 0 Å². The number of nitro groups is 1. The number of nitrogens with zero attached hydrogens (tertiary/aromatic N) is 2. The van der Waals surface area contributed by atoms with Crippen molar-refractivity contribution in [2.45, 2.75) is 0 Å². The predicted molar refractivity (Wildman–Crippen MR) is 100 cm³/mol. The molecule has 0 aliphatic heterocycles. The van der Waals surface area contributed by atoms with Gasteiger partial charge in [-0.05, 0) is 24.3 Å². The van der Waals surface area contributed by atoms with Crippen LogP contribution >= 0.6 is 34.5 Å². The van der Waals surface area contributed by atoms with E-state index >= 15 is 0 Å². The topological polar surface area (TPSA) is 84.6 Å². The van der Waals surface area contributed by atoms with E-state index < -0.39 is 10.8 Å². The molecule has 0 aliphatic carbocycles. The van der Waals surface area contributed by atoms with Gasteiger partial charge in [-0.25, -0.2) is 5.43 Å². The van der Waals surface area contributed by atoms with E-state index in [1.807, 2.05) is 0 Å². The highest BCUT2D eigenvalue weighted by molar-refractivity contribution is 7.20. The molecule has 1 aromatic heterocycles. The number of hydrogen-bond acceptors (Lipinski definition) is 5. The molecule has 0 spiro atoms. The molecule has 3 rings (SSSR count). The molecule has 25 heavy (non-hydrogen) atoms. The molecule has 1 N–H and O–H groups in total. The standard InChI is InChI=1S/C16H9Cl2N3O3S/c17-11-2-1-9(13(18)7-11)8-19-20-16(22)15-6-10-5-12(21(23)24)3-4-14(10)25-15/h1-8H,(H,20,22). The number of halogens is 2. The van der Waals surface area contributed by atoms with Crippen molar-refractivity contribution in [3.63, 3.8) is 0 Å². The fraction of sp³-hybridized carbons (Fsp3) is 0. The molecule has 0 unspecified atom stereocenters. The van der Waals surface area contributed by atoms with Crippen LogP contribution in [0.5, 0.6) is 0 Å². The molecule has 1 amide bonds.